The van der Waals surface area contributed by atoms with Gasteiger partial charge in [0.2, 0.25) is 0 Å². The van der Waals surface area contributed by atoms with Crippen LogP contribution >= 0.6 is 0 Å². The van der Waals surface area contributed by atoms with Crippen molar-refractivity contribution in [2.45, 2.75) is 32.3 Å². The average molecular weight is 302 g/mol. The minimum absolute atomic E-state index is 0.0537. The van der Waals surface area contributed by atoms with E-state index in [2.05, 4.69) is 11.3 Å². The topological polar surface area (TPSA) is 88.1 Å². The summed E-state index contributed by atoms with van der Waals surface area (Å²) in [4.78, 5) is 33.6. The Balaban J connectivity index is 3.80. The van der Waals surface area contributed by atoms with Crippen LogP contribution in [0.2, 0.25) is 0 Å². The Morgan fingerprint density at radius 2 is 1.62 bits per heavy atom. The molecule has 21 heavy (non-hydrogen) atoms. The molecule has 0 rings (SSSR count). The van der Waals surface area contributed by atoms with Gasteiger partial charge in [-0.25, -0.2) is 4.79 Å². The van der Waals surface area contributed by atoms with Crippen LogP contribution in [0.4, 0.5) is 0 Å². The lowest BCUT2D eigenvalue weighted by molar-refractivity contribution is -0.163. The average Bonchev–Trinajstić information content (AvgIpc) is 2.40. The number of hydrogen-bond donors (Lipinski definition) is 0. The quantitative estimate of drug-likeness (QED) is 0.257. The molecule has 0 atom stereocenters. The molecule has 0 aromatic rings. The molecule has 0 amide bonds. The summed E-state index contributed by atoms with van der Waals surface area (Å²) in [5, 5.41) is 0. The second-order valence-electron chi connectivity index (χ2n) is 4.76. The molecule has 0 aliphatic heterocycles. The Labute approximate surface area is 124 Å². The Morgan fingerprint density at radius 1 is 1.05 bits per heavy atom. The molecule has 0 unspecified atom stereocenters. The molecule has 7 heteroatoms. The highest BCUT2D eigenvalue weighted by molar-refractivity contribution is 5.81. The van der Waals surface area contributed by atoms with E-state index in [9.17, 15) is 14.4 Å². The van der Waals surface area contributed by atoms with Crippen molar-refractivity contribution in [1.82, 2.24) is 0 Å². The van der Waals surface area contributed by atoms with Gasteiger partial charge in [-0.15, -0.1) is 0 Å². The molecular weight excluding hydrogens is 280 g/mol. The van der Waals surface area contributed by atoms with Crippen LogP contribution in [0.1, 0.15) is 26.7 Å². The third-order valence-electron chi connectivity index (χ3n) is 2.17. The summed E-state index contributed by atoms with van der Waals surface area (Å²) < 4.78 is 19.5. The Morgan fingerprint density at radius 3 is 2.19 bits per heavy atom. The molecule has 0 aromatic carbocycles. The fraction of sp³-hybridized carbons (Fsp3) is 0.643. The van der Waals surface area contributed by atoms with Crippen LogP contribution in [-0.2, 0) is 33.3 Å². The van der Waals surface area contributed by atoms with E-state index in [0.717, 1.165) is 6.08 Å². The van der Waals surface area contributed by atoms with Crippen molar-refractivity contribution >= 4 is 17.9 Å². The summed E-state index contributed by atoms with van der Waals surface area (Å²) in [6.45, 7) is 6.78. The summed E-state index contributed by atoms with van der Waals surface area (Å²) >= 11 is 0. The van der Waals surface area contributed by atoms with Crippen molar-refractivity contribution in [3.8, 4) is 0 Å². The summed E-state index contributed by atoms with van der Waals surface area (Å²) in [6.07, 6.45) is 0.829. The molecule has 120 valence electrons. The normalized spacial score (nSPS) is 10.6. The number of hydrogen-bond acceptors (Lipinski definition) is 7. The van der Waals surface area contributed by atoms with Gasteiger partial charge in [-0.2, -0.15) is 0 Å². The van der Waals surface area contributed by atoms with Gasteiger partial charge in [-0.05, 0) is 13.8 Å². The van der Waals surface area contributed by atoms with Crippen LogP contribution in [0.25, 0.3) is 0 Å². The largest absolute Gasteiger partial charge is 0.462 e. The number of methoxy groups -OCH3 is 1. The number of ether oxygens (including phenoxy) is 4. The fourth-order valence-electron chi connectivity index (χ4n) is 1.37. The van der Waals surface area contributed by atoms with Crippen LogP contribution < -0.4 is 0 Å². The highest BCUT2D eigenvalue weighted by Crippen LogP contribution is 2.11. The third-order valence-corrected chi connectivity index (χ3v) is 2.17. The summed E-state index contributed by atoms with van der Waals surface area (Å²) in [6, 6.07) is 0. The van der Waals surface area contributed by atoms with Gasteiger partial charge in [-0.3, -0.25) is 9.59 Å². The molecule has 0 aromatic heterocycles. The first-order chi connectivity index (χ1) is 9.80. The van der Waals surface area contributed by atoms with E-state index in [1.54, 1.807) is 13.8 Å². The lowest BCUT2D eigenvalue weighted by atomic mass is 10.1. The van der Waals surface area contributed by atoms with Gasteiger partial charge in [0.15, 0.2) is 0 Å². The first-order valence-corrected chi connectivity index (χ1v) is 6.46. The minimum Gasteiger partial charge on any atom is -0.462 e. The number of carbonyl (C=O) groups excluding carboxylic acids is 3. The van der Waals surface area contributed by atoms with E-state index in [4.69, 9.17) is 14.2 Å². The fourth-order valence-corrected chi connectivity index (χ4v) is 1.37. The second-order valence-corrected chi connectivity index (χ2v) is 4.76. The second kappa shape index (κ2) is 9.93. The predicted octanol–water partition coefficient (Wildman–Crippen LogP) is 1.01. The maximum absolute atomic E-state index is 11.5. The number of carbonyl (C=O) groups is 3. The third kappa shape index (κ3) is 10.5. The van der Waals surface area contributed by atoms with E-state index < -0.39 is 23.5 Å². The zero-order valence-corrected chi connectivity index (χ0v) is 12.7. The van der Waals surface area contributed by atoms with Crippen molar-refractivity contribution in [2.75, 3.05) is 26.9 Å². The molecular formula is C14H22O7. The Bertz CT molecular complexity index is 374. The standard InChI is InChI=1S/C14H22O7/c1-5-11(15)19-8-9-20-12(16)6-7-13(17)21-14(2,3)10-18-4/h5H,1,6-10H2,2-4H3. The molecule has 0 bridgehead atoms. The summed E-state index contributed by atoms with van der Waals surface area (Å²) in [5.41, 5.74) is -0.741. The summed E-state index contributed by atoms with van der Waals surface area (Å²) in [7, 11) is 1.51. The van der Waals surface area contributed by atoms with Crippen LogP contribution in [-0.4, -0.2) is 50.4 Å². The van der Waals surface area contributed by atoms with Gasteiger partial charge >= 0.3 is 17.9 Å². The lowest BCUT2D eigenvalue weighted by Gasteiger charge is -2.23. The number of rotatable bonds is 10. The van der Waals surface area contributed by atoms with E-state index >= 15 is 0 Å². The Kier molecular flexibility index (Phi) is 9.03. The smallest absolute Gasteiger partial charge is 0.330 e. The molecule has 0 heterocycles. The molecule has 0 saturated carbocycles. The molecule has 0 radical (unpaired) electrons. The van der Waals surface area contributed by atoms with Crippen LogP contribution in [0.15, 0.2) is 12.7 Å². The minimum atomic E-state index is -0.741. The number of esters is 3. The maximum atomic E-state index is 11.5. The predicted molar refractivity (Wildman–Crippen MR) is 73.4 cm³/mol. The van der Waals surface area contributed by atoms with E-state index in [1.165, 1.54) is 7.11 Å². The van der Waals surface area contributed by atoms with Crippen molar-refractivity contribution in [1.29, 1.82) is 0 Å². The van der Waals surface area contributed by atoms with Crippen molar-refractivity contribution in [2.24, 2.45) is 0 Å². The van der Waals surface area contributed by atoms with Crippen molar-refractivity contribution in [3.63, 3.8) is 0 Å². The zero-order chi connectivity index (χ0) is 16.3. The highest BCUT2D eigenvalue weighted by atomic mass is 16.6. The summed E-state index contributed by atoms with van der Waals surface area (Å²) in [5.74, 6) is -1.66. The Hall–Kier alpha value is -1.89. The molecule has 0 spiro atoms. The van der Waals surface area contributed by atoms with E-state index in [-0.39, 0.29) is 32.7 Å². The van der Waals surface area contributed by atoms with Gasteiger partial charge in [0.05, 0.1) is 19.4 Å². The van der Waals surface area contributed by atoms with E-state index in [1.807, 2.05) is 0 Å². The zero-order valence-electron chi connectivity index (χ0n) is 12.7. The molecule has 0 N–H and O–H groups in total. The lowest BCUT2D eigenvalue weighted by Crippen LogP contribution is -2.33. The molecule has 0 aliphatic rings. The van der Waals surface area contributed by atoms with Gasteiger partial charge in [0.25, 0.3) is 0 Å². The SMILES string of the molecule is C=CC(=O)OCCOC(=O)CCC(=O)OC(C)(C)COC. The molecule has 0 saturated heterocycles. The molecule has 0 fully saturated rings. The highest BCUT2D eigenvalue weighted by Gasteiger charge is 2.23. The first kappa shape index (κ1) is 19.1. The monoisotopic (exact) mass is 302 g/mol. The van der Waals surface area contributed by atoms with Crippen LogP contribution in [0.5, 0.6) is 0 Å². The van der Waals surface area contributed by atoms with E-state index in [0.29, 0.717) is 0 Å². The van der Waals surface area contributed by atoms with Crippen molar-refractivity contribution in [3.05, 3.63) is 12.7 Å². The molecule has 0 aliphatic carbocycles. The van der Waals surface area contributed by atoms with Crippen LogP contribution in [0, 0.1) is 0 Å². The van der Waals surface area contributed by atoms with Gasteiger partial charge in [-0.1, -0.05) is 6.58 Å². The van der Waals surface area contributed by atoms with Gasteiger partial charge in [0.1, 0.15) is 18.8 Å². The van der Waals surface area contributed by atoms with Gasteiger partial charge in [0, 0.05) is 13.2 Å². The van der Waals surface area contributed by atoms with Crippen molar-refractivity contribution < 1.29 is 33.3 Å². The van der Waals surface area contributed by atoms with Crippen LogP contribution in [0.3, 0.4) is 0 Å². The maximum Gasteiger partial charge on any atom is 0.330 e. The first-order valence-electron chi connectivity index (χ1n) is 6.46. The van der Waals surface area contributed by atoms with Gasteiger partial charge < -0.3 is 18.9 Å². The molecule has 7 nitrogen and oxygen atoms in total.